The zero-order valence-electron chi connectivity index (χ0n) is 26.9. The van der Waals surface area contributed by atoms with Gasteiger partial charge in [-0.2, -0.15) is 5.10 Å². The van der Waals surface area contributed by atoms with E-state index in [2.05, 4.69) is 42.7 Å². The molecule has 0 aliphatic carbocycles. The van der Waals surface area contributed by atoms with E-state index in [4.69, 9.17) is 5.10 Å². The molecule has 1 atom stereocenters. The lowest BCUT2D eigenvalue weighted by molar-refractivity contribution is 0.0944. The van der Waals surface area contributed by atoms with Gasteiger partial charge in [-0.3, -0.25) is 9.48 Å². The highest BCUT2D eigenvalue weighted by molar-refractivity contribution is 5.94. The minimum atomic E-state index is -2.72. The van der Waals surface area contributed by atoms with E-state index in [9.17, 15) is 18.4 Å². The Morgan fingerprint density at radius 1 is 1.02 bits per heavy atom. The number of amides is 3. The van der Waals surface area contributed by atoms with Crippen LogP contribution >= 0.6 is 0 Å². The highest BCUT2D eigenvalue weighted by atomic mass is 19.3. The number of hydrogen-bond acceptors (Lipinski definition) is 8. The standard InChI is InChI=1S/C32H39F2N11O2/c1-20(2)44-29-21(3)18-43(27-10-9-24(16-35-27)45-26(30(33)34)17-37-40-45)19-25(29)28(39-44)31(46)36-15-22-5-7-23(8-6-22)38-32(47)42-13-11-41(4)12-14-42/h5-10,16-17,20-21,30H,11-15,18-19H2,1-4H3,(H,36,46)(H,38,47)/t21-/m0/s1. The number of piperazine rings is 1. The Morgan fingerprint density at radius 2 is 1.77 bits per heavy atom. The average molecular weight is 648 g/mol. The lowest BCUT2D eigenvalue weighted by Crippen LogP contribution is -2.48. The Bertz CT molecular complexity index is 1710. The summed E-state index contributed by atoms with van der Waals surface area (Å²) in [5.74, 6) is 0.413. The second kappa shape index (κ2) is 13.4. The zero-order valence-corrected chi connectivity index (χ0v) is 26.9. The molecule has 4 aromatic rings. The molecule has 5 heterocycles. The molecule has 0 bridgehead atoms. The van der Waals surface area contributed by atoms with Gasteiger partial charge in [-0.1, -0.05) is 24.3 Å². The normalized spacial score (nSPS) is 16.9. The van der Waals surface area contributed by atoms with Gasteiger partial charge in [-0.25, -0.2) is 23.2 Å². The van der Waals surface area contributed by atoms with Crippen LogP contribution in [0.4, 0.5) is 25.1 Å². The van der Waals surface area contributed by atoms with Gasteiger partial charge in [-0.15, -0.1) is 5.10 Å². The van der Waals surface area contributed by atoms with E-state index in [1.807, 2.05) is 54.7 Å². The fourth-order valence-electron chi connectivity index (χ4n) is 6.05. The van der Waals surface area contributed by atoms with E-state index < -0.39 is 6.43 Å². The van der Waals surface area contributed by atoms with Crippen LogP contribution in [0.1, 0.15) is 72.2 Å². The molecule has 1 fully saturated rings. The summed E-state index contributed by atoms with van der Waals surface area (Å²) < 4.78 is 29.7. The fraction of sp³-hybridized carbons (Fsp3) is 0.438. The van der Waals surface area contributed by atoms with Crippen molar-refractivity contribution in [3.05, 3.63) is 77.0 Å². The van der Waals surface area contributed by atoms with Crippen molar-refractivity contribution in [3.63, 3.8) is 0 Å². The van der Waals surface area contributed by atoms with Crippen LogP contribution in [0, 0.1) is 0 Å². The molecule has 0 radical (unpaired) electrons. The molecule has 2 aliphatic rings. The van der Waals surface area contributed by atoms with Crippen molar-refractivity contribution in [1.29, 1.82) is 0 Å². The number of pyridine rings is 1. The summed E-state index contributed by atoms with van der Waals surface area (Å²) in [5, 5.41) is 18.1. The largest absolute Gasteiger partial charge is 0.351 e. The van der Waals surface area contributed by atoms with Crippen LogP contribution in [0.15, 0.2) is 48.8 Å². The van der Waals surface area contributed by atoms with E-state index >= 15 is 0 Å². The van der Waals surface area contributed by atoms with Crippen molar-refractivity contribution in [2.75, 3.05) is 50.0 Å². The number of hydrogen-bond donors (Lipinski definition) is 2. The van der Waals surface area contributed by atoms with Gasteiger partial charge >= 0.3 is 6.03 Å². The molecule has 47 heavy (non-hydrogen) atoms. The number of fused-ring (bicyclic) bond motifs is 1. The van der Waals surface area contributed by atoms with E-state index in [0.717, 1.165) is 40.8 Å². The molecule has 0 unspecified atom stereocenters. The number of nitrogens with zero attached hydrogens (tertiary/aromatic N) is 9. The molecule has 1 saturated heterocycles. The van der Waals surface area contributed by atoms with Crippen molar-refractivity contribution in [2.24, 2.45) is 0 Å². The van der Waals surface area contributed by atoms with Gasteiger partial charge in [0.1, 0.15) is 11.5 Å². The van der Waals surface area contributed by atoms with Crippen molar-refractivity contribution < 1.29 is 18.4 Å². The van der Waals surface area contributed by atoms with Gasteiger partial charge in [0.2, 0.25) is 0 Å². The average Bonchev–Trinajstić information content (AvgIpc) is 3.71. The molecule has 15 heteroatoms. The number of nitrogens with one attached hydrogen (secondary N) is 2. The Morgan fingerprint density at radius 3 is 2.43 bits per heavy atom. The number of urea groups is 1. The molecule has 6 rings (SSSR count). The third-order valence-corrected chi connectivity index (χ3v) is 8.61. The number of anilines is 2. The Kier molecular flexibility index (Phi) is 9.16. The third kappa shape index (κ3) is 6.80. The van der Waals surface area contributed by atoms with Crippen LogP contribution in [-0.4, -0.2) is 91.3 Å². The third-order valence-electron chi connectivity index (χ3n) is 8.61. The first kappa shape index (κ1) is 32.0. The maximum absolute atomic E-state index is 13.6. The smallest absolute Gasteiger partial charge is 0.321 e. The van der Waals surface area contributed by atoms with Gasteiger partial charge in [0, 0.05) is 74.7 Å². The summed E-state index contributed by atoms with van der Waals surface area (Å²) in [4.78, 5) is 36.8. The van der Waals surface area contributed by atoms with Gasteiger partial charge in [0.05, 0.1) is 18.1 Å². The quantitative estimate of drug-likeness (QED) is 0.291. The highest BCUT2D eigenvalue weighted by Crippen LogP contribution is 2.34. The Labute approximate surface area is 271 Å². The molecular weight excluding hydrogens is 608 g/mol. The van der Waals surface area contributed by atoms with E-state index in [0.29, 0.717) is 55.6 Å². The number of carbonyl (C=O) groups is 2. The van der Waals surface area contributed by atoms with Crippen LogP contribution in [0.25, 0.3) is 5.69 Å². The molecule has 3 aromatic heterocycles. The number of benzene rings is 1. The van der Waals surface area contributed by atoms with Gasteiger partial charge < -0.3 is 25.3 Å². The SMILES string of the molecule is CC(C)n1nc(C(=O)NCc2ccc(NC(=O)N3CCN(C)CC3)cc2)c2c1[C@@H](C)CN(c1ccc(-n3nncc3C(F)F)cn1)C2. The van der Waals surface area contributed by atoms with Crippen molar-refractivity contribution >= 4 is 23.4 Å². The second-order valence-corrected chi connectivity index (χ2v) is 12.4. The van der Waals surface area contributed by atoms with Gasteiger partial charge in [-0.05, 0) is 50.7 Å². The molecule has 3 amide bonds. The molecule has 13 nitrogen and oxygen atoms in total. The maximum atomic E-state index is 13.6. The monoisotopic (exact) mass is 647 g/mol. The summed E-state index contributed by atoms with van der Waals surface area (Å²) in [6, 6.07) is 10.8. The lowest BCUT2D eigenvalue weighted by atomic mass is 9.95. The van der Waals surface area contributed by atoms with Crippen LogP contribution < -0.4 is 15.5 Å². The summed E-state index contributed by atoms with van der Waals surface area (Å²) in [6.07, 6.45) is -0.187. The number of aromatic nitrogens is 6. The van der Waals surface area contributed by atoms with Crippen LogP contribution in [0.5, 0.6) is 0 Å². The molecule has 2 aliphatic heterocycles. The number of carbonyl (C=O) groups excluding carboxylic acids is 2. The Balaban J connectivity index is 1.14. The highest BCUT2D eigenvalue weighted by Gasteiger charge is 2.33. The minimum Gasteiger partial charge on any atom is -0.351 e. The van der Waals surface area contributed by atoms with Crippen LogP contribution in [0.3, 0.4) is 0 Å². The summed E-state index contributed by atoms with van der Waals surface area (Å²) in [6.45, 7) is 10.6. The lowest BCUT2D eigenvalue weighted by Gasteiger charge is -2.33. The topological polar surface area (TPSA) is 129 Å². The van der Waals surface area contributed by atoms with E-state index in [1.54, 1.807) is 12.1 Å². The van der Waals surface area contributed by atoms with Gasteiger partial charge in [0.25, 0.3) is 12.3 Å². The Hall–Kier alpha value is -4.92. The summed E-state index contributed by atoms with van der Waals surface area (Å²) >= 11 is 0. The van der Waals surface area contributed by atoms with E-state index in [1.165, 1.54) is 6.20 Å². The molecule has 1 aromatic carbocycles. The summed E-state index contributed by atoms with van der Waals surface area (Å²) in [7, 11) is 2.05. The first-order valence-corrected chi connectivity index (χ1v) is 15.7. The molecule has 0 spiro atoms. The number of likely N-dealkylation sites (N-methyl/N-ethyl adjacent to an activating group) is 1. The number of alkyl halides is 2. The van der Waals surface area contributed by atoms with E-state index in [-0.39, 0.29) is 29.6 Å². The predicted molar refractivity (Wildman–Crippen MR) is 172 cm³/mol. The first-order chi connectivity index (χ1) is 22.6. The number of rotatable bonds is 8. The van der Waals surface area contributed by atoms with Gasteiger partial charge in [0.15, 0.2) is 5.69 Å². The fourth-order valence-corrected chi connectivity index (χ4v) is 6.05. The van der Waals surface area contributed by atoms with Crippen molar-refractivity contribution in [1.82, 2.24) is 44.9 Å². The van der Waals surface area contributed by atoms with Crippen molar-refractivity contribution in [3.8, 4) is 5.69 Å². The van der Waals surface area contributed by atoms with Crippen LogP contribution in [-0.2, 0) is 13.1 Å². The summed E-state index contributed by atoms with van der Waals surface area (Å²) in [5.41, 5.74) is 3.86. The molecular formula is C32H39F2N11O2. The molecule has 248 valence electrons. The molecule has 0 saturated carbocycles. The minimum absolute atomic E-state index is 0.0472. The van der Waals surface area contributed by atoms with Crippen LogP contribution in [0.2, 0.25) is 0 Å². The number of halogens is 2. The molecule has 2 N–H and O–H groups in total. The van der Waals surface area contributed by atoms with Crippen molar-refractivity contribution in [2.45, 2.75) is 52.2 Å². The predicted octanol–water partition coefficient (Wildman–Crippen LogP) is 4.21. The maximum Gasteiger partial charge on any atom is 0.321 e. The second-order valence-electron chi connectivity index (χ2n) is 12.4. The first-order valence-electron chi connectivity index (χ1n) is 15.7. The zero-order chi connectivity index (χ0) is 33.2.